The van der Waals surface area contributed by atoms with E-state index in [0.717, 1.165) is 25.2 Å². The van der Waals surface area contributed by atoms with Gasteiger partial charge in [0.1, 0.15) is 0 Å². The SMILES string of the molecule is CCCNS(=O)(=O)Nc1cccc(N2CCCCC2)c1. The molecular weight excluding hydrogens is 274 g/mol. The topological polar surface area (TPSA) is 61.4 Å². The molecule has 0 bridgehead atoms. The summed E-state index contributed by atoms with van der Waals surface area (Å²) in [6.45, 7) is 4.47. The average Bonchev–Trinajstić information content (AvgIpc) is 2.46. The van der Waals surface area contributed by atoms with Crippen LogP contribution in [-0.4, -0.2) is 28.1 Å². The molecule has 0 spiro atoms. The van der Waals surface area contributed by atoms with Crippen LogP contribution in [0.4, 0.5) is 11.4 Å². The van der Waals surface area contributed by atoms with Crippen LogP contribution < -0.4 is 14.3 Å². The summed E-state index contributed by atoms with van der Waals surface area (Å²) in [5, 5.41) is 0. The molecule has 0 atom stereocenters. The van der Waals surface area contributed by atoms with Crippen LogP contribution in [0.2, 0.25) is 0 Å². The minimum Gasteiger partial charge on any atom is -0.371 e. The van der Waals surface area contributed by atoms with E-state index in [9.17, 15) is 8.42 Å². The molecule has 20 heavy (non-hydrogen) atoms. The number of piperidine rings is 1. The Morgan fingerprint density at radius 2 is 1.95 bits per heavy atom. The number of anilines is 2. The molecule has 0 amide bonds. The summed E-state index contributed by atoms with van der Waals surface area (Å²) in [7, 11) is -3.46. The van der Waals surface area contributed by atoms with E-state index in [1.165, 1.54) is 19.3 Å². The highest BCUT2D eigenvalue weighted by Crippen LogP contribution is 2.23. The third-order valence-corrected chi connectivity index (χ3v) is 4.45. The van der Waals surface area contributed by atoms with Gasteiger partial charge in [-0.2, -0.15) is 13.1 Å². The van der Waals surface area contributed by atoms with Crippen LogP contribution >= 0.6 is 0 Å². The first-order valence-electron chi connectivity index (χ1n) is 7.23. The molecule has 112 valence electrons. The number of benzene rings is 1. The maximum absolute atomic E-state index is 11.8. The van der Waals surface area contributed by atoms with Crippen molar-refractivity contribution in [3.8, 4) is 0 Å². The van der Waals surface area contributed by atoms with E-state index >= 15 is 0 Å². The Bertz CT molecular complexity index is 525. The molecule has 6 heteroatoms. The molecule has 0 radical (unpaired) electrons. The first-order valence-corrected chi connectivity index (χ1v) is 8.71. The number of nitrogens with zero attached hydrogens (tertiary/aromatic N) is 1. The second-order valence-corrected chi connectivity index (χ2v) is 6.60. The molecule has 1 heterocycles. The van der Waals surface area contributed by atoms with Gasteiger partial charge in [0.25, 0.3) is 10.2 Å². The van der Waals surface area contributed by atoms with Crippen molar-refractivity contribution in [2.45, 2.75) is 32.6 Å². The van der Waals surface area contributed by atoms with E-state index in [1.54, 1.807) is 6.07 Å². The van der Waals surface area contributed by atoms with Crippen LogP contribution in [0.3, 0.4) is 0 Å². The highest BCUT2D eigenvalue weighted by Gasteiger charge is 2.13. The summed E-state index contributed by atoms with van der Waals surface area (Å²) in [5.41, 5.74) is 1.69. The molecule has 0 aliphatic carbocycles. The molecule has 1 fully saturated rings. The lowest BCUT2D eigenvalue weighted by molar-refractivity contribution is 0.578. The fourth-order valence-electron chi connectivity index (χ4n) is 2.35. The average molecular weight is 297 g/mol. The third kappa shape index (κ3) is 4.38. The molecule has 5 nitrogen and oxygen atoms in total. The van der Waals surface area contributed by atoms with Crippen LogP contribution in [-0.2, 0) is 10.2 Å². The first kappa shape index (κ1) is 15.1. The Hall–Kier alpha value is -1.27. The van der Waals surface area contributed by atoms with Gasteiger partial charge in [0.05, 0.1) is 5.69 Å². The Balaban J connectivity index is 2.05. The lowest BCUT2D eigenvalue weighted by Crippen LogP contribution is -2.31. The van der Waals surface area contributed by atoms with Crippen LogP contribution in [0.1, 0.15) is 32.6 Å². The number of hydrogen-bond donors (Lipinski definition) is 2. The van der Waals surface area contributed by atoms with Gasteiger partial charge in [0, 0.05) is 25.3 Å². The molecule has 1 aliphatic rings. The Morgan fingerprint density at radius 3 is 2.65 bits per heavy atom. The summed E-state index contributed by atoms with van der Waals surface area (Å²) in [5.74, 6) is 0. The van der Waals surface area contributed by atoms with Gasteiger partial charge in [0.2, 0.25) is 0 Å². The van der Waals surface area contributed by atoms with Crippen molar-refractivity contribution < 1.29 is 8.42 Å². The zero-order chi connectivity index (χ0) is 14.4. The number of hydrogen-bond acceptors (Lipinski definition) is 3. The zero-order valence-corrected chi connectivity index (χ0v) is 12.7. The largest absolute Gasteiger partial charge is 0.371 e. The van der Waals surface area contributed by atoms with Crippen molar-refractivity contribution in [1.29, 1.82) is 0 Å². The number of nitrogens with one attached hydrogen (secondary N) is 2. The van der Waals surface area contributed by atoms with E-state index in [1.807, 2.05) is 25.1 Å². The zero-order valence-electron chi connectivity index (χ0n) is 11.9. The molecule has 2 rings (SSSR count). The predicted octanol–water partition coefficient (Wildman–Crippen LogP) is 2.33. The third-order valence-electron chi connectivity index (χ3n) is 3.36. The fraction of sp³-hybridized carbons (Fsp3) is 0.571. The highest BCUT2D eigenvalue weighted by atomic mass is 32.2. The van der Waals surface area contributed by atoms with Crippen molar-refractivity contribution in [3.63, 3.8) is 0 Å². The second kappa shape index (κ2) is 6.95. The van der Waals surface area contributed by atoms with Gasteiger partial charge in [-0.15, -0.1) is 0 Å². The second-order valence-electron chi connectivity index (χ2n) is 5.10. The van der Waals surface area contributed by atoms with E-state index < -0.39 is 10.2 Å². The Morgan fingerprint density at radius 1 is 1.20 bits per heavy atom. The van der Waals surface area contributed by atoms with Crippen LogP contribution in [0, 0.1) is 0 Å². The number of rotatable bonds is 6. The van der Waals surface area contributed by atoms with Gasteiger partial charge >= 0.3 is 0 Å². The molecule has 1 saturated heterocycles. The summed E-state index contributed by atoms with van der Waals surface area (Å²) in [4.78, 5) is 2.31. The minimum absolute atomic E-state index is 0.446. The van der Waals surface area contributed by atoms with E-state index in [-0.39, 0.29) is 0 Å². The lowest BCUT2D eigenvalue weighted by Gasteiger charge is -2.29. The molecule has 0 unspecified atom stereocenters. The van der Waals surface area contributed by atoms with Crippen molar-refractivity contribution in [1.82, 2.24) is 4.72 Å². The quantitative estimate of drug-likeness (QED) is 0.847. The lowest BCUT2D eigenvalue weighted by atomic mass is 10.1. The van der Waals surface area contributed by atoms with Gasteiger partial charge in [-0.3, -0.25) is 4.72 Å². The van der Waals surface area contributed by atoms with Crippen molar-refractivity contribution in [2.75, 3.05) is 29.3 Å². The van der Waals surface area contributed by atoms with Crippen molar-refractivity contribution in [3.05, 3.63) is 24.3 Å². The summed E-state index contributed by atoms with van der Waals surface area (Å²) < 4.78 is 28.7. The van der Waals surface area contributed by atoms with Crippen LogP contribution in [0.5, 0.6) is 0 Å². The Kier molecular flexibility index (Phi) is 5.25. The fourth-order valence-corrected chi connectivity index (χ4v) is 3.33. The van der Waals surface area contributed by atoms with Gasteiger partial charge in [-0.25, -0.2) is 0 Å². The standard InChI is InChI=1S/C14H23N3O2S/c1-2-9-15-20(18,19)16-13-7-6-8-14(12-13)17-10-4-3-5-11-17/h6-8,12,15-16H,2-5,9-11H2,1H3. The molecule has 1 aliphatic heterocycles. The van der Waals surface area contributed by atoms with Gasteiger partial charge in [0.15, 0.2) is 0 Å². The monoisotopic (exact) mass is 297 g/mol. The molecule has 1 aromatic rings. The van der Waals surface area contributed by atoms with Gasteiger partial charge in [-0.05, 0) is 43.9 Å². The molecular formula is C14H23N3O2S. The summed E-state index contributed by atoms with van der Waals surface area (Å²) in [6, 6.07) is 7.60. The minimum atomic E-state index is -3.46. The molecule has 2 N–H and O–H groups in total. The molecule has 1 aromatic carbocycles. The smallest absolute Gasteiger partial charge is 0.299 e. The molecule has 0 saturated carbocycles. The molecule has 0 aromatic heterocycles. The normalized spacial score (nSPS) is 16.1. The Labute approximate surface area is 121 Å². The maximum Gasteiger partial charge on any atom is 0.299 e. The highest BCUT2D eigenvalue weighted by molar-refractivity contribution is 7.90. The van der Waals surface area contributed by atoms with Gasteiger partial charge in [-0.1, -0.05) is 13.0 Å². The van der Waals surface area contributed by atoms with E-state index in [2.05, 4.69) is 14.3 Å². The van der Waals surface area contributed by atoms with Crippen LogP contribution in [0.15, 0.2) is 24.3 Å². The summed E-state index contributed by atoms with van der Waals surface area (Å²) >= 11 is 0. The van der Waals surface area contributed by atoms with Gasteiger partial charge < -0.3 is 4.90 Å². The summed E-state index contributed by atoms with van der Waals surface area (Å²) in [6.07, 6.45) is 4.46. The first-order chi connectivity index (χ1) is 9.61. The van der Waals surface area contributed by atoms with E-state index in [4.69, 9.17) is 0 Å². The van der Waals surface area contributed by atoms with Crippen molar-refractivity contribution >= 4 is 21.6 Å². The van der Waals surface area contributed by atoms with E-state index in [0.29, 0.717) is 12.2 Å². The van der Waals surface area contributed by atoms with Crippen LogP contribution in [0.25, 0.3) is 0 Å². The van der Waals surface area contributed by atoms with Crippen molar-refractivity contribution in [2.24, 2.45) is 0 Å². The maximum atomic E-state index is 11.8. The predicted molar refractivity (Wildman–Crippen MR) is 83.3 cm³/mol.